The maximum atomic E-state index is 12.5. The fourth-order valence-corrected chi connectivity index (χ4v) is 2.32. The second-order valence-electron chi connectivity index (χ2n) is 2.98. The van der Waals surface area contributed by atoms with Crippen LogP contribution in [0.5, 0.6) is 5.75 Å². The zero-order valence-corrected chi connectivity index (χ0v) is 14.1. The molecule has 0 N–H and O–H groups in total. The third kappa shape index (κ3) is 3.58. The molecule has 0 heterocycles. The van der Waals surface area contributed by atoms with E-state index in [1.54, 1.807) is 24.3 Å². The average molecular weight is 438 g/mol. The first-order chi connectivity index (χ1) is 7.36. The molecule has 0 saturated heterocycles. The summed E-state index contributed by atoms with van der Waals surface area (Å²) < 4.78 is 42.4. The van der Waals surface area contributed by atoms with Gasteiger partial charge in [-0.05, 0) is 0 Å². The van der Waals surface area contributed by atoms with E-state index in [0.29, 0.717) is 37.4 Å². The van der Waals surface area contributed by atoms with Gasteiger partial charge in [-0.2, -0.15) is 0 Å². The average Bonchev–Trinajstić information content (AvgIpc) is 2.26. The third-order valence-corrected chi connectivity index (χ3v) is 6.99. The van der Waals surface area contributed by atoms with E-state index in [1.807, 2.05) is 0 Å². The van der Waals surface area contributed by atoms with Gasteiger partial charge in [0.05, 0.1) is 0 Å². The predicted molar refractivity (Wildman–Crippen MR) is 57.5 cm³/mol. The van der Waals surface area contributed by atoms with Crippen LogP contribution in [0.4, 0.5) is 13.2 Å². The van der Waals surface area contributed by atoms with E-state index < -0.39 is 9.77 Å². The molecule has 1 aromatic carbocycles. The number of halogens is 3. The van der Waals surface area contributed by atoms with Crippen LogP contribution in [0.25, 0.3) is 3.59 Å². The van der Waals surface area contributed by atoms with Gasteiger partial charge in [-0.15, -0.1) is 0 Å². The zero-order chi connectivity index (χ0) is 12.3. The van der Waals surface area contributed by atoms with Crippen molar-refractivity contribution in [3.8, 4) is 5.75 Å². The Bertz CT molecular complexity index is 413. The van der Waals surface area contributed by atoms with Crippen LogP contribution in [0.2, 0.25) is 0 Å². The molecule has 0 unspecified atom stereocenters. The summed E-state index contributed by atoms with van der Waals surface area (Å²) in [5.74, 6) is 0.572. The van der Waals surface area contributed by atoms with E-state index in [1.165, 1.54) is 7.11 Å². The van der Waals surface area contributed by atoms with Gasteiger partial charge < -0.3 is 0 Å². The summed E-state index contributed by atoms with van der Waals surface area (Å²) in [6.07, 6.45) is -4.22. The molecule has 1 nitrogen and oxygen atoms in total. The summed E-state index contributed by atoms with van der Waals surface area (Å²) in [4.78, 5) is 0. The Labute approximate surface area is 118 Å². The topological polar surface area (TPSA) is 9.23 Å². The summed E-state index contributed by atoms with van der Waals surface area (Å²) in [6, 6.07) is 6.70. The molecule has 16 heavy (non-hydrogen) atoms. The van der Waals surface area contributed by atoms with Crippen LogP contribution < -0.4 is 4.74 Å². The van der Waals surface area contributed by atoms with Gasteiger partial charge in [0.1, 0.15) is 0 Å². The number of hydrogen-bond acceptors (Lipinski definition) is 1. The van der Waals surface area contributed by atoms with Crippen molar-refractivity contribution in [2.75, 3.05) is 7.11 Å². The molecule has 0 bridgehead atoms. The molecule has 80 valence electrons. The normalized spacial score (nSPS) is 13.2. The molecule has 1 aromatic rings. The van der Waals surface area contributed by atoms with Crippen molar-refractivity contribution in [1.29, 1.82) is 0 Å². The van der Waals surface area contributed by atoms with Crippen molar-refractivity contribution in [1.82, 2.24) is 0 Å². The van der Waals surface area contributed by atoms with Crippen LogP contribution in [0.3, 0.4) is 0 Å². The maximum absolute atomic E-state index is 12.5. The molecule has 0 aliphatic heterocycles. The molecule has 6 heteroatoms. The molecule has 0 aliphatic rings. The van der Waals surface area contributed by atoms with Crippen LogP contribution in [0, 0.1) is 0 Å². The minimum absolute atomic E-state index is 0.344. The number of rotatable bonds is 2. The summed E-state index contributed by atoms with van der Waals surface area (Å²) in [5.41, 5.74) is 0.585. The Morgan fingerprint density at radius 3 is 2.38 bits per heavy atom. The molecule has 0 atom stereocenters. The third-order valence-electron chi connectivity index (χ3n) is 1.89. The molecular formula is C10H7F3OSn2+2. The number of ether oxygens (including phenoxy) is 1. The SMILES string of the molecule is COc1cccc(/[C]([Sn+])=[C](/[Sn+])C(F)(F)F)c1. The molecular weight excluding hydrogens is 431 g/mol. The van der Waals surface area contributed by atoms with Crippen LogP contribution in [0.1, 0.15) is 5.56 Å². The van der Waals surface area contributed by atoms with E-state index in [2.05, 4.69) is 0 Å². The van der Waals surface area contributed by atoms with Crippen LogP contribution in [0.15, 0.2) is 27.9 Å². The van der Waals surface area contributed by atoms with Gasteiger partial charge in [0.2, 0.25) is 0 Å². The Morgan fingerprint density at radius 1 is 1.25 bits per heavy atom. The van der Waals surface area contributed by atoms with E-state index in [4.69, 9.17) is 4.74 Å². The van der Waals surface area contributed by atoms with E-state index in [0.717, 1.165) is 22.5 Å². The van der Waals surface area contributed by atoms with E-state index in [-0.39, 0.29) is 0 Å². The van der Waals surface area contributed by atoms with E-state index >= 15 is 0 Å². The summed E-state index contributed by atoms with van der Waals surface area (Å²) in [7, 11) is 1.49. The van der Waals surface area contributed by atoms with Crippen molar-refractivity contribution in [2.24, 2.45) is 0 Å². The number of hydrogen-bond donors (Lipinski definition) is 0. The standard InChI is InChI=1S/C10H7F3O.2Sn/c1-14-9-4-2-3-8(7-9)5-6-10(11,12)13;;/h2-4,7H,1H3;;/q;2*+1. The quantitative estimate of drug-likeness (QED) is 0.645. The fraction of sp³-hybridized carbons (Fsp3) is 0.200. The second kappa shape index (κ2) is 5.66. The first-order valence-corrected chi connectivity index (χ1v) is 7.10. The Hall–Kier alpha value is 0.147. The van der Waals surface area contributed by atoms with Gasteiger partial charge in [-0.3, -0.25) is 0 Å². The minimum atomic E-state index is -4.22. The molecule has 1 rings (SSSR count). The molecule has 0 fully saturated rings. The van der Waals surface area contributed by atoms with Gasteiger partial charge >= 0.3 is 119 Å². The van der Waals surface area contributed by atoms with Crippen molar-refractivity contribution >= 4 is 48.6 Å². The summed E-state index contributed by atoms with van der Waals surface area (Å²) in [6.45, 7) is 0. The van der Waals surface area contributed by atoms with Crippen molar-refractivity contribution in [3.63, 3.8) is 0 Å². The van der Waals surface area contributed by atoms with Gasteiger partial charge in [0.25, 0.3) is 0 Å². The van der Waals surface area contributed by atoms with Crippen molar-refractivity contribution in [3.05, 3.63) is 33.4 Å². The number of benzene rings is 1. The van der Waals surface area contributed by atoms with E-state index in [9.17, 15) is 13.2 Å². The summed E-state index contributed by atoms with van der Waals surface area (Å²) >= 11 is 1.15. The first-order valence-electron chi connectivity index (χ1n) is 4.25. The monoisotopic (exact) mass is 440 g/mol. The van der Waals surface area contributed by atoms with Gasteiger partial charge in [0, 0.05) is 0 Å². The van der Waals surface area contributed by atoms with Gasteiger partial charge in [-0.25, -0.2) is 0 Å². The second-order valence-corrected chi connectivity index (χ2v) is 5.83. The Balaban J connectivity index is 3.18. The fourth-order valence-electron chi connectivity index (χ4n) is 1.06. The van der Waals surface area contributed by atoms with Gasteiger partial charge in [0.15, 0.2) is 0 Å². The van der Waals surface area contributed by atoms with Gasteiger partial charge in [-0.1, -0.05) is 0 Å². The van der Waals surface area contributed by atoms with Crippen molar-refractivity contribution < 1.29 is 17.9 Å². The zero-order valence-electron chi connectivity index (χ0n) is 8.35. The first kappa shape index (κ1) is 14.2. The number of methoxy groups -OCH3 is 1. The number of allylic oxidation sites excluding steroid dienone is 1. The Morgan fingerprint density at radius 2 is 1.88 bits per heavy atom. The molecule has 0 saturated carbocycles. The predicted octanol–water partition coefficient (Wildman–Crippen LogP) is 2.26. The van der Waals surface area contributed by atoms with Crippen LogP contribution in [-0.4, -0.2) is 58.3 Å². The Kier molecular flexibility index (Phi) is 5.03. The van der Waals surface area contributed by atoms with Crippen LogP contribution in [-0.2, 0) is 0 Å². The molecule has 0 aromatic heterocycles. The summed E-state index contributed by atoms with van der Waals surface area (Å²) in [5, 5.41) is 0. The van der Waals surface area contributed by atoms with Crippen molar-refractivity contribution in [2.45, 2.75) is 6.18 Å². The molecule has 0 amide bonds. The molecule has 4 radical (unpaired) electrons. The molecule has 0 aliphatic carbocycles. The molecule has 0 spiro atoms. The van der Waals surface area contributed by atoms with Crippen LogP contribution >= 0.6 is 0 Å². The number of alkyl halides is 3.